The zero-order valence-corrected chi connectivity index (χ0v) is 31.5. The van der Waals surface area contributed by atoms with E-state index in [-0.39, 0.29) is 45.6 Å². The first-order valence-corrected chi connectivity index (χ1v) is 19.7. The SMILES string of the molecule is CC1CCC2(C(=O)OCCN3CCN(C(=O)c4cccnc4)CC3)CCC3(C)C(=CCC4C5(C)CCC(O)C(C)(C)C5CCC43C)C2C1C. The summed E-state index contributed by atoms with van der Waals surface area (Å²) in [5.41, 5.74) is 2.19. The van der Waals surface area contributed by atoms with E-state index in [2.05, 4.69) is 64.4 Å². The largest absolute Gasteiger partial charge is 0.464 e. The standard InChI is InChI=1S/C42H63N3O4/c1-28-12-17-42(37(48)49-26-25-44-21-23-45(24-22-44)36(47)30-9-8-20-43-27-30)19-18-40(6)31(35(42)29(28)2)10-11-33-39(5)15-14-34(46)38(3,4)32(39)13-16-41(33,40)7/h8-10,20,27-29,32-35,46H,11-19,21-26H2,1-7H3. The fourth-order valence-electron chi connectivity index (χ4n) is 13.1. The van der Waals surface area contributed by atoms with E-state index in [1.165, 1.54) is 12.8 Å². The average Bonchev–Trinajstić information content (AvgIpc) is 3.09. The van der Waals surface area contributed by atoms with Gasteiger partial charge < -0.3 is 14.7 Å². The summed E-state index contributed by atoms with van der Waals surface area (Å²) in [5.74, 6) is 2.46. The fraction of sp³-hybridized carbons (Fsp3) is 0.786. The highest BCUT2D eigenvalue weighted by Crippen LogP contribution is 2.75. The van der Waals surface area contributed by atoms with Gasteiger partial charge in [0.15, 0.2) is 0 Å². The summed E-state index contributed by atoms with van der Waals surface area (Å²) in [6, 6.07) is 3.63. The van der Waals surface area contributed by atoms with Gasteiger partial charge in [0.25, 0.3) is 5.91 Å². The van der Waals surface area contributed by atoms with Gasteiger partial charge in [-0.05, 0) is 121 Å². The number of aromatic nitrogens is 1. The van der Waals surface area contributed by atoms with E-state index in [1.807, 2.05) is 11.0 Å². The fourth-order valence-corrected chi connectivity index (χ4v) is 13.1. The van der Waals surface area contributed by atoms with Crippen molar-refractivity contribution in [1.29, 1.82) is 0 Å². The van der Waals surface area contributed by atoms with Crippen LogP contribution < -0.4 is 0 Å². The molecule has 5 fully saturated rings. The Morgan fingerprint density at radius 3 is 2.41 bits per heavy atom. The maximum atomic E-state index is 14.5. The monoisotopic (exact) mass is 673 g/mol. The van der Waals surface area contributed by atoms with Crippen molar-refractivity contribution in [3.05, 3.63) is 41.7 Å². The molecule has 270 valence electrons. The summed E-state index contributed by atoms with van der Waals surface area (Å²) in [6.45, 7) is 21.3. The highest BCUT2D eigenvalue weighted by molar-refractivity contribution is 5.93. The van der Waals surface area contributed by atoms with Gasteiger partial charge in [-0.15, -0.1) is 0 Å². The van der Waals surface area contributed by atoms with Crippen LogP contribution in [0.5, 0.6) is 0 Å². The van der Waals surface area contributed by atoms with E-state index in [0.29, 0.717) is 55.5 Å². The number of allylic oxidation sites excluding steroid dienone is 2. The van der Waals surface area contributed by atoms with E-state index >= 15 is 0 Å². The van der Waals surface area contributed by atoms with Gasteiger partial charge in [0.05, 0.1) is 17.1 Å². The Morgan fingerprint density at radius 2 is 1.69 bits per heavy atom. The number of carbonyl (C=O) groups excluding carboxylic acids is 2. The van der Waals surface area contributed by atoms with Gasteiger partial charge in [-0.2, -0.15) is 0 Å². The minimum atomic E-state index is -0.437. The number of hydrogen-bond acceptors (Lipinski definition) is 6. The average molecular weight is 674 g/mol. The molecule has 2 heterocycles. The molecule has 5 aliphatic carbocycles. The molecule has 7 heteroatoms. The van der Waals surface area contributed by atoms with E-state index in [1.54, 1.807) is 24.0 Å². The quantitative estimate of drug-likeness (QED) is 0.259. The molecule has 10 atom stereocenters. The topological polar surface area (TPSA) is 83.0 Å². The van der Waals surface area contributed by atoms with Crippen molar-refractivity contribution in [3.8, 4) is 0 Å². The number of carbonyl (C=O) groups is 2. The molecular formula is C42H63N3O4. The molecule has 0 bridgehead atoms. The number of pyridine rings is 1. The Balaban J connectivity index is 1.06. The first kappa shape index (κ1) is 35.2. The normalized spacial score (nSPS) is 43.3. The van der Waals surface area contributed by atoms with Crippen molar-refractivity contribution in [1.82, 2.24) is 14.8 Å². The smallest absolute Gasteiger partial charge is 0.312 e. The van der Waals surface area contributed by atoms with Crippen LogP contribution in [-0.2, 0) is 9.53 Å². The van der Waals surface area contributed by atoms with Gasteiger partial charge in [-0.3, -0.25) is 19.5 Å². The molecule has 1 saturated heterocycles. The molecule has 0 spiro atoms. The van der Waals surface area contributed by atoms with Crippen LogP contribution >= 0.6 is 0 Å². The van der Waals surface area contributed by atoms with Crippen molar-refractivity contribution < 1.29 is 19.4 Å². The minimum Gasteiger partial charge on any atom is -0.464 e. The summed E-state index contributed by atoms with van der Waals surface area (Å²) in [5, 5.41) is 11.1. The van der Waals surface area contributed by atoms with E-state index in [9.17, 15) is 14.7 Å². The van der Waals surface area contributed by atoms with Gasteiger partial charge in [0, 0.05) is 45.1 Å². The number of rotatable bonds is 5. The van der Waals surface area contributed by atoms with Crippen LogP contribution in [0.4, 0.5) is 0 Å². The molecule has 7 rings (SSSR count). The van der Waals surface area contributed by atoms with Gasteiger partial charge in [-0.25, -0.2) is 0 Å². The molecule has 1 N–H and O–H groups in total. The highest BCUT2D eigenvalue weighted by Gasteiger charge is 2.69. The summed E-state index contributed by atoms with van der Waals surface area (Å²) >= 11 is 0. The third-order valence-corrected chi connectivity index (χ3v) is 16.6. The lowest BCUT2D eigenvalue weighted by molar-refractivity contribution is -0.207. The minimum absolute atomic E-state index is 0.0370. The third kappa shape index (κ3) is 5.28. The van der Waals surface area contributed by atoms with Crippen LogP contribution in [0.1, 0.15) is 117 Å². The predicted molar refractivity (Wildman–Crippen MR) is 193 cm³/mol. The second-order valence-corrected chi connectivity index (χ2v) is 18.7. The molecule has 6 aliphatic rings. The molecule has 0 aromatic carbocycles. The molecule has 7 nitrogen and oxygen atoms in total. The molecule has 4 saturated carbocycles. The zero-order valence-electron chi connectivity index (χ0n) is 31.5. The van der Waals surface area contributed by atoms with Crippen LogP contribution in [0.15, 0.2) is 36.2 Å². The second-order valence-electron chi connectivity index (χ2n) is 18.7. The Morgan fingerprint density at radius 1 is 0.939 bits per heavy atom. The van der Waals surface area contributed by atoms with Gasteiger partial charge in [0.2, 0.25) is 0 Å². The molecule has 10 unspecified atom stereocenters. The third-order valence-electron chi connectivity index (χ3n) is 16.6. The Bertz CT molecular complexity index is 1450. The Kier molecular flexibility index (Phi) is 8.94. The molecule has 1 aromatic rings. The molecular weight excluding hydrogens is 610 g/mol. The number of aliphatic hydroxyl groups is 1. The Labute approximate surface area is 295 Å². The number of piperazine rings is 1. The molecule has 1 aliphatic heterocycles. The van der Waals surface area contributed by atoms with Crippen molar-refractivity contribution in [3.63, 3.8) is 0 Å². The predicted octanol–water partition coefficient (Wildman–Crippen LogP) is 7.40. The number of nitrogens with zero attached hydrogens (tertiary/aromatic N) is 3. The zero-order chi connectivity index (χ0) is 35.0. The maximum Gasteiger partial charge on any atom is 0.312 e. The second kappa shape index (κ2) is 12.5. The summed E-state index contributed by atoms with van der Waals surface area (Å²) in [6.07, 6.45) is 15.3. The van der Waals surface area contributed by atoms with Gasteiger partial charge >= 0.3 is 5.97 Å². The lowest BCUT2D eigenvalue weighted by Gasteiger charge is -2.71. The van der Waals surface area contributed by atoms with Crippen molar-refractivity contribution >= 4 is 11.9 Å². The number of aliphatic hydroxyl groups excluding tert-OH is 1. The van der Waals surface area contributed by atoms with Crippen molar-refractivity contribution in [2.75, 3.05) is 39.3 Å². The molecule has 1 aromatic heterocycles. The maximum absolute atomic E-state index is 14.5. The summed E-state index contributed by atoms with van der Waals surface area (Å²) < 4.78 is 6.32. The number of ether oxygens (including phenoxy) is 1. The van der Waals surface area contributed by atoms with E-state index in [0.717, 1.165) is 58.0 Å². The van der Waals surface area contributed by atoms with Crippen LogP contribution in [0.25, 0.3) is 0 Å². The van der Waals surface area contributed by atoms with Crippen molar-refractivity contribution in [2.45, 2.75) is 112 Å². The number of amides is 1. The Hall–Kier alpha value is -2.25. The number of esters is 1. The summed E-state index contributed by atoms with van der Waals surface area (Å²) in [7, 11) is 0. The van der Waals surface area contributed by atoms with Crippen molar-refractivity contribution in [2.24, 2.45) is 56.7 Å². The lowest BCUT2D eigenvalue weighted by Crippen LogP contribution is -2.65. The number of hydrogen-bond donors (Lipinski definition) is 1. The molecule has 1 amide bonds. The van der Waals surface area contributed by atoms with E-state index < -0.39 is 5.41 Å². The highest BCUT2D eigenvalue weighted by atomic mass is 16.5. The first-order chi connectivity index (χ1) is 23.2. The number of fused-ring (bicyclic) bond motifs is 7. The van der Waals surface area contributed by atoms with E-state index in [4.69, 9.17) is 4.74 Å². The van der Waals surface area contributed by atoms with Gasteiger partial charge in [0.1, 0.15) is 6.61 Å². The molecule has 49 heavy (non-hydrogen) atoms. The molecule has 0 radical (unpaired) electrons. The first-order valence-electron chi connectivity index (χ1n) is 19.7. The van der Waals surface area contributed by atoms with Crippen LogP contribution in [-0.4, -0.2) is 77.2 Å². The van der Waals surface area contributed by atoms with Crippen LogP contribution in [0, 0.1) is 56.7 Å². The van der Waals surface area contributed by atoms with Crippen LogP contribution in [0.2, 0.25) is 0 Å². The van der Waals surface area contributed by atoms with Crippen LogP contribution in [0.3, 0.4) is 0 Å². The summed E-state index contributed by atoms with van der Waals surface area (Å²) in [4.78, 5) is 35.7. The van der Waals surface area contributed by atoms with Gasteiger partial charge in [-0.1, -0.05) is 60.1 Å². The lowest BCUT2D eigenvalue weighted by atomic mass is 9.33.